The molecule has 1 aliphatic rings. The Morgan fingerprint density at radius 1 is 1.29 bits per heavy atom. The molecule has 3 rings (SSSR count). The molecule has 0 spiro atoms. The molecular weight excluding hydrogens is 262 g/mol. The van der Waals surface area contributed by atoms with E-state index in [2.05, 4.69) is 45.4 Å². The van der Waals surface area contributed by atoms with Gasteiger partial charge in [-0.05, 0) is 37.3 Å². The van der Waals surface area contributed by atoms with Gasteiger partial charge in [-0.3, -0.25) is 0 Å². The van der Waals surface area contributed by atoms with Gasteiger partial charge in [0.2, 0.25) is 11.9 Å². The zero-order valence-corrected chi connectivity index (χ0v) is 12.6. The standard InChI is InChI=1S/C16H21N5/c1-3-14-19-15(17)21-16(20-14)18-13-6-4-5-11-9-10(2)7-8-12(11)13/h7-9,13H,3-6H2,1-2H3,(H3,17,18,19,20,21)/t13-/m0/s1. The van der Waals surface area contributed by atoms with Crippen molar-refractivity contribution in [3.05, 3.63) is 40.7 Å². The highest BCUT2D eigenvalue weighted by atomic mass is 15.2. The molecule has 0 aliphatic heterocycles. The van der Waals surface area contributed by atoms with E-state index in [0.717, 1.165) is 25.1 Å². The minimum atomic E-state index is 0.251. The SMILES string of the molecule is CCc1nc(N)nc(N[C@H]2CCCc3cc(C)ccc32)n1. The number of nitrogen functional groups attached to an aromatic ring is 1. The molecule has 0 saturated carbocycles. The van der Waals surface area contributed by atoms with E-state index < -0.39 is 0 Å². The van der Waals surface area contributed by atoms with Gasteiger partial charge < -0.3 is 11.1 Å². The third kappa shape index (κ3) is 2.96. The van der Waals surface area contributed by atoms with E-state index in [4.69, 9.17) is 5.73 Å². The molecule has 0 amide bonds. The summed E-state index contributed by atoms with van der Waals surface area (Å²) in [5.41, 5.74) is 9.84. The highest BCUT2D eigenvalue weighted by Gasteiger charge is 2.21. The van der Waals surface area contributed by atoms with E-state index in [1.165, 1.54) is 23.1 Å². The van der Waals surface area contributed by atoms with Crippen LogP contribution in [-0.4, -0.2) is 15.0 Å². The third-order valence-electron chi connectivity index (χ3n) is 3.93. The van der Waals surface area contributed by atoms with Crippen molar-refractivity contribution in [3.63, 3.8) is 0 Å². The summed E-state index contributed by atoms with van der Waals surface area (Å²) in [5.74, 6) is 1.59. The lowest BCUT2D eigenvalue weighted by molar-refractivity contribution is 0.595. The van der Waals surface area contributed by atoms with Gasteiger partial charge in [-0.1, -0.05) is 30.7 Å². The summed E-state index contributed by atoms with van der Waals surface area (Å²) in [6.07, 6.45) is 4.16. The van der Waals surface area contributed by atoms with Crippen LogP contribution in [0.2, 0.25) is 0 Å². The molecule has 1 aliphatic carbocycles. The van der Waals surface area contributed by atoms with Crippen molar-refractivity contribution in [2.24, 2.45) is 0 Å². The Bertz CT molecular complexity index is 653. The van der Waals surface area contributed by atoms with Crippen molar-refractivity contribution in [3.8, 4) is 0 Å². The molecule has 3 N–H and O–H groups in total. The average molecular weight is 283 g/mol. The first-order valence-electron chi connectivity index (χ1n) is 7.52. The van der Waals surface area contributed by atoms with Crippen LogP contribution in [0.15, 0.2) is 18.2 Å². The molecule has 1 atom stereocenters. The molecule has 0 radical (unpaired) electrons. The number of aromatic nitrogens is 3. The van der Waals surface area contributed by atoms with Crippen LogP contribution in [0.1, 0.15) is 48.3 Å². The van der Waals surface area contributed by atoms with Gasteiger partial charge >= 0.3 is 0 Å². The molecule has 0 bridgehead atoms. The number of benzene rings is 1. The second-order valence-corrected chi connectivity index (χ2v) is 5.58. The van der Waals surface area contributed by atoms with Crippen LogP contribution in [-0.2, 0) is 12.8 Å². The number of hydrogen-bond acceptors (Lipinski definition) is 5. The van der Waals surface area contributed by atoms with E-state index in [1.54, 1.807) is 0 Å². The number of nitrogens with one attached hydrogen (secondary N) is 1. The lowest BCUT2D eigenvalue weighted by atomic mass is 9.87. The van der Waals surface area contributed by atoms with Crippen molar-refractivity contribution in [2.75, 3.05) is 11.1 Å². The predicted molar refractivity (Wildman–Crippen MR) is 84.1 cm³/mol. The Balaban J connectivity index is 1.88. The first-order chi connectivity index (χ1) is 10.2. The van der Waals surface area contributed by atoms with Crippen LogP contribution in [0.4, 0.5) is 11.9 Å². The maximum Gasteiger partial charge on any atom is 0.228 e. The predicted octanol–water partition coefficient (Wildman–Crippen LogP) is 2.81. The van der Waals surface area contributed by atoms with Gasteiger partial charge in [-0.25, -0.2) is 0 Å². The minimum Gasteiger partial charge on any atom is -0.368 e. The fourth-order valence-corrected chi connectivity index (χ4v) is 2.91. The van der Waals surface area contributed by atoms with Crippen molar-refractivity contribution >= 4 is 11.9 Å². The number of aryl methyl sites for hydroxylation is 3. The maximum absolute atomic E-state index is 5.75. The molecule has 21 heavy (non-hydrogen) atoms. The van der Waals surface area contributed by atoms with Gasteiger partial charge in [0, 0.05) is 6.42 Å². The molecule has 5 nitrogen and oxygen atoms in total. The largest absolute Gasteiger partial charge is 0.368 e. The van der Waals surface area contributed by atoms with Crippen LogP contribution in [0, 0.1) is 6.92 Å². The Kier molecular flexibility index (Phi) is 3.73. The summed E-state index contributed by atoms with van der Waals surface area (Å²) in [4.78, 5) is 12.8. The average Bonchev–Trinajstić information content (AvgIpc) is 2.46. The van der Waals surface area contributed by atoms with Crippen LogP contribution in [0.5, 0.6) is 0 Å². The first kappa shape index (κ1) is 13.8. The number of hydrogen-bond donors (Lipinski definition) is 2. The van der Waals surface area contributed by atoms with Crippen molar-refractivity contribution < 1.29 is 0 Å². The Labute approximate surface area is 125 Å². The van der Waals surface area contributed by atoms with Gasteiger partial charge in [0.1, 0.15) is 5.82 Å². The number of nitrogens with zero attached hydrogens (tertiary/aromatic N) is 3. The second kappa shape index (κ2) is 5.68. The molecule has 1 aromatic heterocycles. The lowest BCUT2D eigenvalue weighted by Crippen LogP contribution is -2.19. The molecule has 1 heterocycles. The maximum atomic E-state index is 5.75. The summed E-state index contributed by atoms with van der Waals surface area (Å²) in [6, 6.07) is 6.91. The van der Waals surface area contributed by atoms with Crippen LogP contribution >= 0.6 is 0 Å². The van der Waals surface area contributed by atoms with E-state index in [-0.39, 0.29) is 12.0 Å². The summed E-state index contributed by atoms with van der Waals surface area (Å²) >= 11 is 0. The Morgan fingerprint density at radius 2 is 2.14 bits per heavy atom. The fourth-order valence-electron chi connectivity index (χ4n) is 2.91. The Hall–Kier alpha value is -2.17. The number of anilines is 2. The fraction of sp³-hybridized carbons (Fsp3) is 0.438. The number of nitrogens with two attached hydrogens (primary N) is 1. The van der Waals surface area contributed by atoms with Crippen molar-refractivity contribution in [1.82, 2.24) is 15.0 Å². The normalized spacial score (nSPS) is 17.3. The number of rotatable bonds is 3. The molecule has 110 valence electrons. The molecule has 0 saturated heterocycles. The highest BCUT2D eigenvalue weighted by molar-refractivity contribution is 5.41. The topological polar surface area (TPSA) is 76.7 Å². The highest BCUT2D eigenvalue weighted by Crippen LogP contribution is 2.32. The van der Waals surface area contributed by atoms with Gasteiger partial charge in [0.05, 0.1) is 6.04 Å². The summed E-state index contributed by atoms with van der Waals surface area (Å²) < 4.78 is 0. The van der Waals surface area contributed by atoms with Gasteiger partial charge in [-0.2, -0.15) is 15.0 Å². The van der Waals surface area contributed by atoms with Crippen LogP contribution < -0.4 is 11.1 Å². The minimum absolute atomic E-state index is 0.251. The molecule has 2 aromatic rings. The zero-order valence-electron chi connectivity index (χ0n) is 12.6. The lowest BCUT2D eigenvalue weighted by Gasteiger charge is -2.26. The Morgan fingerprint density at radius 3 is 2.95 bits per heavy atom. The van der Waals surface area contributed by atoms with Gasteiger partial charge in [0.15, 0.2) is 0 Å². The van der Waals surface area contributed by atoms with Crippen LogP contribution in [0.3, 0.4) is 0 Å². The first-order valence-corrected chi connectivity index (χ1v) is 7.52. The zero-order chi connectivity index (χ0) is 14.8. The second-order valence-electron chi connectivity index (χ2n) is 5.58. The van der Waals surface area contributed by atoms with Crippen LogP contribution in [0.25, 0.3) is 0 Å². The van der Waals surface area contributed by atoms with Gasteiger partial charge in [0.25, 0.3) is 0 Å². The molecule has 5 heteroatoms. The molecule has 0 fully saturated rings. The molecular formula is C16H21N5. The van der Waals surface area contributed by atoms with Gasteiger partial charge in [-0.15, -0.1) is 0 Å². The van der Waals surface area contributed by atoms with E-state index in [9.17, 15) is 0 Å². The third-order valence-corrected chi connectivity index (χ3v) is 3.93. The molecule has 0 unspecified atom stereocenters. The van der Waals surface area contributed by atoms with E-state index in [1.807, 2.05) is 6.92 Å². The van der Waals surface area contributed by atoms with E-state index >= 15 is 0 Å². The smallest absolute Gasteiger partial charge is 0.228 e. The van der Waals surface area contributed by atoms with Crippen molar-refractivity contribution in [2.45, 2.75) is 45.6 Å². The molecule has 1 aromatic carbocycles. The van der Waals surface area contributed by atoms with Crippen molar-refractivity contribution in [1.29, 1.82) is 0 Å². The quantitative estimate of drug-likeness (QED) is 0.905. The summed E-state index contributed by atoms with van der Waals surface area (Å²) in [6.45, 7) is 4.15. The number of fused-ring (bicyclic) bond motifs is 1. The monoisotopic (exact) mass is 283 g/mol. The summed E-state index contributed by atoms with van der Waals surface area (Å²) in [5, 5.41) is 3.43. The summed E-state index contributed by atoms with van der Waals surface area (Å²) in [7, 11) is 0. The van der Waals surface area contributed by atoms with E-state index in [0.29, 0.717) is 5.95 Å².